The minimum absolute atomic E-state index is 0.0603. The van der Waals surface area contributed by atoms with Crippen LogP contribution in [0, 0.1) is 0 Å². The number of rotatable bonds is 1. The van der Waals surface area contributed by atoms with Crippen LogP contribution in [0.25, 0.3) is 0 Å². The van der Waals surface area contributed by atoms with Crippen molar-refractivity contribution in [3.63, 3.8) is 0 Å². The van der Waals surface area contributed by atoms with Gasteiger partial charge in [-0.25, -0.2) is 0 Å². The number of benzene rings is 3. The molecule has 0 saturated carbocycles. The molecule has 1 aliphatic carbocycles. The molecule has 3 aromatic rings. The summed E-state index contributed by atoms with van der Waals surface area (Å²) in [4.78, 5) is 12.9. The van der Waals surface area contributed by atoms with Crippen LogP contribution in [0.15, 0.2) is 60.7 Å². The zero-order valence-corrected chi connectivity index (χ0v) is 14.2. The standard InChI is InChI=1S/C21H13F3O4/c22-21(23,24)12-5-1-4-11(10-12)20(28)13-6-2-8-15(25)17(13)19(27)18-14(20)7-3-9-16(18)26/h1-10,25-26,28H. The molecule has 4 rings (SSSR count). The van der Waals surface area contributed by atoms with Gasteiger partial charge in [0, 0.05) is 11.1 Å². The van der Waals surface area contributed by atoms with Gasteiger partial charge in [-0.3, -0.25) is 4.79 Å². The van der Waals surface area contributed by atoms with Crippen molar-refractivity contribution < 1.29 is 33.3 Å². The monoisotopic (exact) mass is 386 g/mol. The van der Waals surface area contributed by atoms with E-state index in [0.717, 1.165) is 18.2 Å². The van der Waals surface area contributed by atoms with Crippen LogP contribution in [0.3, 0.4) is 0 Å². The quantitative estimate of drug-likeness (QED) is 0.592. The Balaban J connectivity index is 2.11. The van der Waals surface area contributed by atoms with Crippen LogP contribution in [0.5, 0.6) is 11.5 Å². The van der Waals surface area contributed by atoms with E-state index in [1.54, 1.807) is 0 Å². The van der Waals surface area contributed by atoms with Gasteiger partial charge in [-0.05, 0) is 29.8 Å². The SMILES string of the molecule is O=C1c2c(O)cccc2C(O)(c2cccc(C(F)(F)F)c2)c2cccc(O)c21. The number of halogens is 3. The first-order chi connectivity index (χ1) is 13.2. The molecule has 3 aromatic carbocycles. The number of fused-ring (bicyclic) bond motifs is 2. The Bertz CT molecular complexity index is 1060. The van der Waals surface area contributed by atoms with E-state index in [-0.39, 0.29) is 27.8 Å². The second kappa shape index (κ2) is 5.84. The van der Waals surface area contributed by atoms with Crippen LogP contribution >= 0.6 is 0 Å². The highest BCUT2D eigenvalue weighted by Crippen LogP contribution is 2.49. The van der Waals surface area contributed by atoms with Crippen molar-refractivity contribution in [1.29, 1.82) is 0 Å². The Labute approximate surface area is 157 Å². The third-order valence-corrected chi connectivity index (χ3v) is 4.93. The average molecular weight is 386 g/mol. The van der Waals surface area contributed by atoms with Crippen molar-refractivity contribution in [2.75, 3.05) is 0 Å². The lowest BCUT2D eigenvalue weighted by Gasteiger charge is -2.37. The molecular weight excluding hydrogens is 373 g/mol. The Morgan fingerprint density at radius 1 is 0.786 bits per heavy atom. The number of carbonyl (C=O) groups excluding carboxylic acids is 1. The van der Waals surface area contributed by atoms with E-state index in [1.807, 2.05) is 0 Å². The molecule has 0 fully saturated rings. The van der Waals surface area contributed by atoms with Gasteiger partial charge in [0.2, 0.25) is 5.78 Å². The van der Waals surface area contributed by atoms with Gasteiger partial charge >= 0.3 is 6.18 Å². The van der Waals surface area contributed by atoms with E-state index in [2.05, 4.69) is 0 Å². The van der Waals surface area contributed by atoms with Gasteiger partial charge in [0.1, 0.15) is 17.1 Å². The molecule has 0 spiro atoms. The Morgan fingerprint density at radius 2 is 1.29 bits per heavy atom. The van der Waals surface area contributed by atoms with Crippen LogP contribution in [-0.4, -0.2) is 21.1 Å². The summed E-state index contributed by atoms with van der Waals surface area (Å²) in [7, 11) is 0. The van der Waals surface area contributed by atoms with E-state index in [4.69, 9.17) is 0 Å². The first-order valence-electron chi connectivity index (χ1n) is 8.25. The maximum atomic E-state index is 13.2. The fourth-order valence-corrected chi connectivity index (χ4v) is 3.66. The molecule has 3 N–H and O–H groups in total. The molecule has 0 heterocycles. The number of alkyl halides is 3. The number of phenols is 2. The van der Waals surface area contributed by atoms with Gasteiger partial charge in [0.25, 0.3) is 0 Å². The van der Waals surface area contributed by atoms with Crippen molar-refractivity contribution in [3.8, 4) is 11.5 Å². The predicted octanol–water partition coefficient (Wildman–Crippen LogP) is 3.95. The molecule has 28 heavy (non-hydrogen) atoms. The van der Waals surface area contributed by atoms with Crippen LogP contribution in [0.4, 0.5) is 13.2 Å². The Kier molecular flexibility index (Phi) is 3.77. The van der Waals surface area contributed by atoms with Crippen molar-refractivity contribution in [2.45, 2.75) is 11.8 Å². The predicted molar refractivity (Wildman–Crippen MR) is 93.2 cm³/mol. The van der Waals surface area contributed by atoms with E-state index in [9.17, 15) is 33.3 Å². The largest absolute Gasteiger partial charge is 0.507 e. The van der Waals surface area contributed by atoms with Gasteiger partial charge in [0.15, 0.2) is 0 Å². The lowest BCUT2D eigenvalue weighted by molar-refractivity contribution is -0.137. The lowest BCUT2D eigenvalue weighted by atomic mass is 9.70. The first-order valence-corrected chi connectivity index (χ1v) is 8.25. The molecule has 0 atom stereocenters. The second-order valence-electron chi connectivity index (χ2n) is 6.52. The molecule has 0 unspecified atom stereocenters. The molecule has 0 aromatic heterocycles. The smallest absolute Gasteiger partial charge is 0.416 e. The Hall–Kier alpha value is -3.32. The summed E-state index contributed by atoms with van der Waals surface area (Å²) >= 11 is 0. The van der Waals surface area contributed by atoms with Gasteiger partial charge in [-0.15, -0.1) is 0 Å². The van der Waals surface area contributed by atoms with Crippen molar-refractivity contribution in [1.82, 2.24) is 0 Å². The van der Waals surface area contributed by atoms with Crippen molar-refractivity contribution in [2.24, 2.45) is 0 Å². The minimum Gasteiger partial charge on any atom is -0.507 e. The summed E-state index contributed by atoms with van der Waals surface area (Å²) in [5, 5.41) is 32.1. The van der Waals surface area contributed by atoms with Crippen LogP contribution < -0.4 is 0 Å². The number of aliphatic hydroxyl groups is 1. The zero-order valence-electron chi connectivity index (χ0n) is 14.2. The third-order valence-electron chi connectivity index (χ3n) is 4.93. The molecule has 1 aliphatic rings. The van der Waals surface area contributed by atoms with E-state index in [0.29, 0.717) is 0 Å². The molecule has 0 bridgehead atoms. The molecule has 0 amide bonds. The van der Waals surface area contributed by atoms with Crippen molar-refractivity contribution >= 4 is 5.78 Å². The molecule has 0 aliphatic heterocycles. The van der Waals surface area contributed by atoms with Crippen LogP contribution in [-0.2, 0) is 11.8 Å². The molecular formula is C21H13F3O4. The number of hydrogen-bond donors (Lipinski definition) is 3. The summed E-state index contributed by atoms with van der Waals surface area (Å²) in [5.74, 6) is -1.61. The average Bonchev–Trinajstić information content (AvgIpc) is 2.65. The highest BCUT2D eigenvalue weighted by Gasteiger charge is 2.46. The highest BCUT2D eigenvalue weighted by atomic mass is 19.4. The highest BCUT2D eigenvalue weighted by molar-refractivity contribution is 6.16. The topological polar surface area (TPSA) is 77.8 Å². The fraction of sp³-hybridized carbons (Fsp3) is 0.0952. The zero-order chi connectivity index (χ0) is 20.3. The third kappa shape index (κ3) is 2.40. The van der Waals surface area contributed by atoms with Crippen LogP contribution in [0.2, 0.25) is 0 Å². The van der Waals surface area contributed by atoms with Gasteiger partial charge in [-0.2, -0.15) is 13.2 Å². The summed E-state index contributed by atoms with van der Waals surface area (Å²) < 4.78 is 39.7. The van der Waals surface area contributed by atoms with Gasteiger partial charge < -0.3 is 15.3 Å². The fourth-order valence-electron chi connectivity index (χ4n) is 3.66. The van der Waals surface area contributed by atoms with Crippen molar-refractivity contribution in [3.05, 3.63) is 94.0 Å². The summed E-state index contributed by atoms with van der Waals surface area (Å²) in [6, 6.07) is 12.1. The first kappa shape index (κ1) is 18.1. The maximum Gasteiger partial charge on any atom is 0.416 e. The number of phenolic OH excluding ortho intramolecular Hbond substituents is 2. The summed E-state index contributed by atoms with van der Waals surface area (Å²) in [6.45, 7) is 0. The molecule has 0 saturated heterocycles. The minimum atomic E-state index is -4.64. The summed E-state index contributed by atoms with van der Waals surface area (Å²) in [6.07, 6.45) is -4.64. The molecule has 0 radical (unpaired) electrons. The maximum absolute atomic E-state index is 13.2. The van der Waals surface area contributed by atoms with E-state index < -0.39 is 34.6 Å². The Morgan fingerprint density at radius 3 is 1.79 bits per heavy atom. The van der Waals surface area contributed by atoms with E-state index in [1.165, 1.54) is 42.5 Å². The normalized spacial score (nSPS) is 15.1. The number of carbonyl (C=O) groups is 1. The van der Waals surface area contributed by atoms with Crippen LogP contribution in [0.1, 0.15) is 38.2 Å². The molecule has 4 nitrogen and oxygen atoms in total. The summed E-state index contributed by atoms with van der Waals surface area (Å²) in [5.41, 5.74) is -3.96. The van der Waals surface area contributed by atoms with Gasteiger partial charge in [-0.1, -0.05) is 36.4 Å². The van der Waals surface area contributed by atoms with Gasteiger partial charge in [0.05, 0.1) is 16.7 Å². The lowest BCUT2D eigenvalue weighted by Crippen LogP contribution is -2.37. The molecule has 7 heteroatoms. The molecule has 142 valence electrons. The number of hydrogen-bond acceptors (Lipinski definition) is 4. The second-order valence-corrected chi connectivity index (χ2v) is 6.52. The van der Waals surface area contributed by atoms with E-state index >= 15 is 0 Å². The number of aromatic hydroxyl groups is 2. The number of ketones is 1.